The van der Waals surface area contributed by atoms with Gasteiger partial charge < -0.3 is 5.32 Å². The van der Waals surface area contributed by atoms with Gasteiger partial charge in [-0.15, -0.1) is 0 Å². The van der Waals surface area contributed by atoms with Gasteiger partial charge in [0, 0.05) is 54.1 Å². The second kappa shape index (κ2) is 9.60. The first-order valence-corrected chi connectivity index (χ1v) is 10.3. The lowest BCUT2D eigenvalue weighted by molar-refractivity contribution is 0.584. The third-order valence-corrected chi connectivity index (χ3v) is 5.49. The van der Waals surface area contributed by atoms with Crippen LogP contribution in [-0.4, -0.2) is 23.1 Å². The molecule has 0 amide bonds. The van der Waals surface area contributed by atoms with Crippen LogP contribution in [0.25, 0.3) is 21.9 Å². The number of rotatable bonds is 8. The molecular formula is C23H21FN4S. The van der Waals surface area contributed by atoms with Crippen molar-refractivity contribution >= 4 is 22.7 Å². The Morgan fingerprint density at radius 3 is 2.55 bits per heavy atom. The monoisotopic (exact) mass is 404 g/mol. The molecule has 4 nitrogen and oxygen atoms in total. The molecule has 29 heavy (non-hydrogen) atoms. The first-order chi connectivity index (χ1) is 14.3. The molecule has 2 N–H and O–H groups in total. The molecule has 4 rings (SSSR count). The SMILES string of the molecule is Fc1ccc(-c2ccc(CNCCNSc3cccc4cnccc34)cc2)cn1. The minimum absolute atomic E-state index is 0.459. The minimum Gasteiger partial charge on any atom is -0.311 e. The maximum Gasteiger partial charge on any atom is 0.212 e. The Morgan fingerprint density at radius 2 is 1.72 bits per heavy atom. The molecule has 2 aromatic carbocycles. The molecule has 0 fully saturated rings. The predicted octanol–water partition coefficient (Wildman–Crippen LogP) is 4.82. The number of pyridine rings is 2. The predicted molar refractivity (Wildman–Crippen MR) is 117 cm³/mol. The van der Waals surface area contributed by atoms with E-state index in [9.17, 15) is 4.39 Å². The lowest BCUT2D eigenvalue weighted by Crippen LogP contribution is -2.23. The van der Waals surface area contributed by atoms with Gasteiger partial charge in [0.25, 0.3) is 0 Å². The van der Waals surface area contributed by atoms with E-state index in [1.165, 1.54) is 21.9 Å². The molecule has 2 aromatic heterocycles. The summed E-state index contributed by atoms with van der Waals surface area (Å²) in [7, 11) is 0. The quantitative estimate of drug-likeness (QED) is 0.250. The third-order valence-electron chi connectivity index (χ3n) is 4.57. The lowest BCUT2D eigenvalue weighted by atomic mass is 10.1. The molecule has 0 saturated carbocycles. The van der Waals surface area contributed by atoms with Crippen LogP contribution in [-0.2, 0) is 6.54 Å². The molecule has 0 aliphatic carbocycles. The highest BCUT2D eigenvalue weighted by atomic mass is 32.2. The van der Waals surface area contributed by atoms with Gasteiger partial charge in [0.2, 0.25) is 5.95 Å². The largest absolute Gasteiger partial charge is 0.311 e. The summed E-state index contributed by atoms with van der Waals surface area (Å²) in [6.07, 6.45) is 5.27. The number of benzene rings is 2. The number of hydrogen-bond acceptors (Lipinski definition) is 5. The third kappa shape index (κ3) is 5.17. The van der Waals surface area contributed by atoms with Crippen LogP contribution in [0.3, 0.4) is 0 Å². The fourth-order valence-electron chi connectivity index (χ4n) is 3.04. The number of aromatic nitrogens is 2. The number of nitrogens with one attached hydrogen (secondary N) is 2. The van der Waals surface area contributed by atoms with Crippen molar-refractivity contribution in [3.8, 4) is 11.1 Å². The molecule has 0 radical (unpaired) electrons. The fraction of sp³-hybridized carbons (Fsp3) is 0.130. The first kappa shape index (κ1) is 19.5. The van der Waals surface area contributed by atoms with E-state index < -0.39 is 5.95 Å². The number of nitrogens with zero attached hydrogens (tertiary/aromatic N) is 2. The van der Waals surface area contributed by atoms with Crippen LogP contribution >= 0.6 is 11.9 Å². The van der Waals surface area contributed by atoms with Gasteiger partial charge in [-0.05, 0) is 52.7 Å². The highest BCUT2D eigenvalue weighted by Crippen LogP contribution is 2.25. The fourth-order valence-corrected chi connectivity index (χ4v) is 3.85. The topological polar surface area (TPSA) is 49.8 Å². The van der Waals surface area contributed by atoms with E-state index in [2.05, 4.69) is 50.3 Å². The molecule has 0 aliphatic heterocycles. The standard InChI is InChI=1S/C23H21FN4S/c24-23-9-8-19(16-27-23)18-6-4-17(5-7-18)14-26-12-13-28-29-22-3-1-2-20-15-25-11-10-21(20)22/h1-11,15-16,26,28H,12-14H2. The van der Waals surface area contributed by atoms with E-state index in [0.717, 1.165) is 36.1 Å². The Hall–Kier alpha value is -2.80. The summed E-state index contributed by atoms with van der Waals surface area (Å²) in [5.41, 5.74) is 3.15. The van der Waals surface area contributed by atoms with Crippen molar-refractivity contribution in [2.45, 2.75) is 11.4 Å². The smallest absolute Gasteiger partial charge is 0.212 e. The van der Waals surface area contributed by atoms with Crippen LogP contribution in [0.4, 0.5) is 4.39 Å². The molecule has 4 aromatic rings. The van der Waals surface area contributed by atoms with E-state index in [1.807, 2.05) is 30.6 Å². The van der Waals surface area contributed by atoms with Gasteiger partial charge in [-0.25, -0.2) is 4.98 Å². The Bertz CT molecular complexity index is 1060. The van der Waals surface area contributed by atoms with Crippen molar-refractivity contribution in [1.82, 2.24) is 20.0 Å². The van der Waals surface area contributed by atoms with E-state index in [0.29, 0.717) is 0 Å². The Kier molecular flexibility index (Phi) is 6.46. The van der Waals surface area contributed by atoms with Crippen LogP contribution in [0.5, 0.6) is 0 Å². The van der Waals surface area contributed by atoms with Crippen molar-refractivity contribution in [1.29, 1.82) is 0 Å². The molecule has 2 heterocycles. The molecule has 0 atom stereocenters. The van der Waals surface area contributed by atoms with Crippen molar-refractivity contribution < 1.29 is 4.39 Å². The molecule has 6 heteroatoms. The van der Waals surface area contributed by atoms with Crippen LogP contribution < -0.4 is 10.0 Å². The van der Waals surface area contributed by atoms with E-state index >= 15 is 0 Å². The van der Waals surface area contributed by atoms with E-state index in [4.69, 9.17) is 0 Å². The van der Waals surface area contributed by atoms with Gasteiger partial charge >= 0.3 is 0 Å². The van der Waals surface area contributed by atoms with Gasteiger partial charge in [-0.1, -0.05) is 36.4 Å². The van der Waals surface area contributed by atoms with Gasteiger partial charge in [0.1, 0.15) is 0 Å². The maximum absolute atomic E-state index is 12.9. The van der Waals surface area contributed by atoms with Crippen molar-refractivity contribution in [2.24, 2.45) is 0 Å². The summed E-state index contributed by atoms with van der Waals surface area (Å²) in [6.45, 7) is 2.52. The Morgan fingerprint density at radius 1 is 0.862 bits per heavy atom. The summed E-state index contributed by atoms with van der Waals surface area (Å²) in [5, 5.41) is 5.81. The zero-order chi connectivity index (χ0) is 19.9. The van der Waals surface area contributed by atoms with E-state index in [1.54, 1.807) is 24.2 Å². The molecule has 0 aliphatic rings. The van der Waals surface area contributed by atoms with Gasteiger partial charge in [-0.3, -0.25) is 9.71 Å². The Labute approximate surface area is 173 Å². The summed E-state index contributed by atoms with van der Waals surface area (Å²) < 4.78 is 16.3. The van der Waals surface area contributed by atoms with Gasteiger partial charge in [0.15, 0.2) is 0 Å². The second-order valence-corrected chi connectivity index (χ2v) is 7.53. The summed E-state index contributed by atoms with van der Waals surface area (Å²) in [6, 6.07) is 19.6. The normalized spacial score (nSPS) is 11.1. The minimum atomic E-state index is -0.459. The van der Waals surface area contributed by atoms with Crippen LogP contribution in [0.1, 0.15) is 5.56 Å². The van der Waals surface area contributed by atoms with Crippen molar-refractivity contribution in [3.63, 3.8) is 0 Å². The van der Waals surface area contributed by atoms with Gasteiger partial charge in [-0.2, -0.15) is 4.39 Å². The van der Waals surface area contributed by atoms with Crippen molar-refractivity contribution in [2.75, 3.05) is 13.1 Å². The number of hydrogen-bond donors (Lipinski definition) is 2. The van der Waals surface area contributed by atoms with Crippen LogP contribution in [0.15, 0.2) is 84.1 Å². The Balaban J connectivity index is 1.21. The summed E-state index contributed by atoms with van der Waals surface area (Å²) in [4.78, 5) is 9.08. The van der Waals surface area contributed by atoms with Crippen molar-refractivity contribution in [3.05, 3.63) is 90.8 Å². The van der Waals surface area contributed by atoms with Crippen LogP contribution in [0, 0.1) is 5.95 Å². The average Bonchev–Trinajstić information content (AvgIpc) is 2.77. The zero-order valence-corrected chi connectivity index (χ0v) is 16.6. The van der Waals surface area contributed by atoms with Crippen LogP contribution in [0.2, 0.25) is 0 Å². The highest BCUT2D eigenvalue weighted by molar-refractivity contribution is 7.97. The molecular weight excluding hydrogens is 383 g/mol. The zero-order valence-electron chi connectivity index (χ0n) is 15.8. The van der Waals surface area contributed by atoms with E-state index in [-0.39, 0.29) is 0 Å². The molecule has 0 saturated heterocycles. The summed E-state index contributed by atoms with van der Waals surface area (Å²) >= 11 is 1.65. The molecule has 0 bridgehead atoms. The number of fused-ring (bicyclic) bond motifs is 1. The second-order valence-electron chi connectivity index (χ2n) is 6.59. The average molecular weight is 405 g/mol. The maximum atomic E-state index is 12.9. The highest BCUT2D eigenvalue weighted by Gasteiger charge is 2.02. The molecule has 0 unspecified atom stereocenters. The molecule has 0 spiro atoms. The summed E-state index contributed by atoms with van der Waals surface area (Å²) in [5.74, 6) is -0.459. The lowest BCUT2D eigenvalue weighted by Gasteiger charge is -2.09. The number of halogens is 1. The van der Waals surface area contributed by atoms with Gasteiger partial charge in [0.05, 0.1) is 0 Å². The molecule has 146 valence electrons. The first-order valence-electron chi connectivity index (χ1n) is 9.44.